The highest BCUT2D eigenvalue weighted by molar-refractivity contribution is 5.72. The molecule has 7 heteroatoms. The lowest BCUT2D eigenvalue weighted by molar-refractivity contribution is -0.118. The van der Waals surface area contributed by atoms with Gasteiger partial charge in [-0.25, -0.2) is 4.39 Å². The summed E-state index contributed by atoms with van der Waals surface area (Å²) in [6.07, 6.45) is 2.69. The first kappa shape index (κ1) is 21.3. The van der Waals surface area contributed by atoms with E-state index in [0.29, 0.717) is 38.1 Å². The Bertz CT molecular complexity index is 824. The number of anilines is 1. The quantitative estimate of drug-likeness (QED) is 0.648. The second-order valence-electron chi connectivity index (χ2n) is 6.36. The molecule has 0 saturated carbocycles. The fourth-order valence-corrected chi connectivity index (χ4v) is 2.68. The Morgan fingerprint density at radius 2 is 2.07 bits per heavy atom. The van der Waals surface area contributed by atoms with Gasteiger partial charge in [0.25, 0.3) is 0 Å². The summed E-state index contributed by atoms with van der Waals surface area (Å²) in [6, 6.07) is 10.1. The summed E-state index contributed by atoms with van der Waals surface area (Å²) < 4.78 is 17.9. The van der Waals surface area contributed by atoms with Crippen LogP contribution in [0.15, 0.2) is 42.2 Å². The third-order valence-corrected chi connectivity index (χ3v) is 4.26. The standard InChI is InChI=1S/C21H27FN4O2/c1-4-16(14-22)8-11-24-20-13-19(25-21(26-20)28-3)18-7-5-6-17(12-18)9-10-23-15(2)27/h5-7,12-14H,4,8-11H2,1-3H3,(H,23,27)(H,24,25,26)/b16-14-. The van der Waals surface area contributed by atoms with Gasteiger partial charge >= 0.3 is 6.01 Å². The molecule has 2 aromatic rings. The zero-order valence-corrected chi connectivity index (χ0v) is 16.6. The molecule has 0 unspecified atom stereocenters. The SMILES string of the molecule is CC/C(=C/F)CCNc1cc(-c2cccc(CCNC(C)=O)c2)nc(OC)n1. The molecule has 6 nitrogen and oxygen atoms in total. The molecule has 0 aliphatic heterocycles. The minimum Gasteiger partial charge on any atom is -0.467 e. The zero-order valence-electron chi connectivity index (χ0n) is 16.6. The molecule has 1 aromatic carbocycles. The molecule has 0 aliphatic carbocycles. The molecule has 0 atom stereocenters. The van der Waals surface area contributed by atoms with Crippen molar-refractivity contribution in [2.24, 2.45) is 0 Å². The van der Waals surface area contributed by atoms with Gasteiger partial charge in [-0.2, -0.15) is 9.97 Å². The highest BCUT2D eigenvalue weighted by atomic mass is 19.1. The zero-order chi connectivity index (χ0) is 20.4. The Labute approximate surface area is 165 Å². The number of nitrogens with zero attached hydrogens (tertiary/aromatic N) is 2. The number of ether oxygens (including phenoxy) is 1. The molecule has 2 rings (SSSR count). The van der Waals surface area contributed by atoms with Crippen LogP contribution in [-0.2, 0) is 11.2 Å². The van der Waals surface area contributed by atoms with Crippen molar-refractivity contribution < 1.29 is 13.9 Å². The van der Waals surface area contributed by atoms with E-state index >= 15 is 0 Å². The normalized spacial score (nSPS) is 11.2. The molecule has 0 spiro atoms. The molecule has 0 bridgehead atoms. The topological polar surface area (TPSA) is 76.1 Å². The first-order chi connectivity index (χ1) is 13.5. The Balaban J connectivity index is 2.15. The fraction of sp³-hybridized carbons (Fsp3) is 0.381. The molecule has 150 valence electrons. The molecule has 0 saturated heterocycles. The molecule has 0 fully saturated rings. The number of rotatable bonds is 10. The van der Waals surface area contributed by atoms with Crippen LogP contribution in [0.25, 0.3) is 11.3 Å². The number of carbonyl (C=O) groups is 1. The summed E-state index contributed by atoms with van der Waals surface area (Å²) in [7, 11) is 1.52. The summed E-state index contributed by atoms with van der Waals surface area (Å²) in [5, 5.41) is 6.00. The summed E-state index contributed by atoms with van der Waals surface area (Å²) in [4.78, 5) is 19.8. The van der Waals surface area contributed by atoms with Crippen LogP contribution >= 0.6 is 0 Å². The van der Waals surface area contributed by atoms with Crippen LogP contribution in [0.3, 0.4) is 0 Å². The minimum atomic E-state index is -0.0405. The van der Waals surface area contributed by atoms with E-state index in [1.165, 1.54) is 14.0 Å². The number of hydrogen-bond acceptors (Lipinski definition) is 5. The van der Waals surface area contributed by atoms with Gasteiger partial charge in [0.1, 0.15) is 5.82 Å². The maximum absolute atomic E-state index is 12.7. The molecular formula is C21H27FN4O2. The average molecular weight is 386 g/mol. The van der Waals surface area contributed by atoms with Crippen LogP contribution in [0.2, 0.25) is 0 Å². The number of amides is 1. The van der Waals surface area contributed by atoms with Gasteiger partial charge in [0.15, 0.2) is 0 Å². The first-order valence-electron chi connectivity index (χ1n) is 9.34. The molecule has 28 heavy (non-hydrogen) atoms. The van der Waals surface area contributed by atoms with Gasteiger partial charge in [-0.05, 0) is 36.5 Å². The predicted octanol–water partition coefficient (Wildman–Crippen LogP) is 3.90. The van der Waals surface area contributed by atoms with Crippen LogP contribution in [0.4, 0.5) is 10.2 Å². The third-order valence-electron chi connectivity index (χ3n) is 4.26. The average Bonchev–Trinajstić information content (AvgIpc) is 2.71. The number of methoxy groups -OCH3 is 1. The predicted molar refractivity (Wildman–Crippen MR) is 109 cm³/mol. The van der Waals surface area contributed by atoms with Crippen molar-refractivity contribution >= 4 is 11.7 Å². The summed E-state index contributed by atoms with van der Waals surface area (Å²) in [5.74, 6) is 0.584. The number of benzene rings is 1. The summed E-state index contributed by atoms with van der Waals surface area (Å²) >= 11 is 0. The summed E-state index contributed by atoms with van der Waals surface area (Å²) in [5.41, 5.74) is 3.51. The molecule has 1 heterocycles. The smallest absolute Gasteiger partial charge is 0.318 e. The van der Waals surface area contributed by atoms with E-state index in [-0.39, 0.29) is 11.9 Å². The molecule has 0 aliphatic rings. The fourth-order valence-electron chi connectivity index (χ4n) is 2.68. The van der Waals surface area contributed by atoms with E-state index < -0.39 is 0 Å². The van der Waals surface area contributed by atoms with E-state index in [0.717, 1.165) is 28.8 Å². The Morgan fingerprint density at radius 3 is 2.75 bits per heavy atom. The molecule has 0 radical (unpaired) electrons. The van der Waals surface area contributed by atoms with Crippen molar-refractivity contribution in [3.8, 4) is 17.3 Å². The van der Waals surface area contributed by atoms with Crippen LogP contribution in [-0.4, -0.2) is 36.1 Å². The van der Waals surface area contributed by atoms with E-state index in [1.54, 1.807) is 0 Å². The second-order valence-corrected chi connectivity index (χ2v) is 6.36. The van der Waals surface area contributed by atoms with Crippen LogP contribution in [0.1, 0.15) is 32.3 Å². The molecule has 2 N–H and O–H groups in total. The highest BCUT2D eigenvalue weighted by Crippen LogP contribution is 2.23. The number of nitrogens with one attached hydrogen (secondary N) is 2. The van der Waals surface area contributed by atoms with Crippen LogP contribution in [0, 0.1) is 0 Å². The first-order valence-corrected chi connectivity index (χ1v) is 9.34. The lowest BCUT2D eigenvalue weighted by atomic mass is 10.1. The van der Waals surface area contributed by atoms with Crippen molar-refractivity contribution in [2.75, 3.05) is 25.5 Å². The minimum absolute atomic E-state index is 0.0405. The van der Waals surface area contributed by atoms with E-state index in [4.69, 9.17) is 4.74 Å². The molecular weight excluding hydrogens is 359 g/mol. The number of aromatic nitrogens is 2. The summed E-state index contributed by atoms with van der Waals surface area (Å²) in [6.45, 7) is 4.58. The number of carbonyl (C=O) groups excluding carboxylic acids is 1. The van der Waals surface area contributed by atoms with Gasteiger partial charge in [0, 0.05) is 31.6 Å². The van der Waals surface area contributed by atoms with Crippen molar-refractivity contribution in [1.29, 1.82) is 0 Å². The van der Waals surface area contributed by atoms with Crippen molar-refractivity contribution in [3.63, 3.8) is 0 Å². The Hall–Kier alpha value is -2.96. The van der Waals surface area contributed by atoms with Gasteiger partial charge in [-0.3, -0.25) is 4.79 Å². The molecule has 1 aromatic heterocycles. The van der Waals surface area contributed by atoms with Crippen LogP contribution < -0.4 is 15.4 Å². The lowest BCUT2D eigenvalue weighted by Gasteiger charge is -2.11. The number of halogens is 1. The highest BCUT2D eigenvalue weighted by Gasteiger charge is 2.08. The maximum Gasteiger partial charge on any atom is 0.318 e. The largest absolute Gasteiger partial charge is 0.467 e. The monoisotopic (exact) mass is 386 g/mol. The van der Waals surface area contributed by atoms with Crippen molar-refractivity contribution in [1.82, 2.24) is 15.3 Å². The van der Waals surface area contributed by atoms with E-state index in [2.05, 4.69) is 20.6 Å². The van der Waals surface area contributed by atoms with Gasteiger partial charge in [0.05, 0.1) is 19.1 Å². The van der Waals surface area contributed by atoms with Gasteiger partial charge in [0.2, 0.25) is 5.91 Å². The van der Waals surface area contributed by atoms with Crippen LogP contribution in [0.5, 0.6) is 6.01 Å². The Morgan fingerprint density at radius 1 is 1.25 bits per heavy atom. The molecule has 1 amide bonds. The number of hydrogen-bond donors (Lipinski definition) is 2. The van der Waals surface area contributed by atoms with Gasteiger partial charge in [-0.15, -0.1) is 0 Å². The van der Waals surface area contributed by atoms with Crippen molar-refractivity contribution in [3.05, 3.63) is 47.8 Å². The van der Waals surface area contributed by atoms with Gasteiger partial charge in [-0.1, -0.05) is 25.1 Å². The Kier molecular flexibility index (Phi) is 8.39. The van der Waals surface area contributed by atoms with Gasteiger partial charge < -0.3 is 15.4 Å². The lowest BCUT2D eigenvalue weighted by Crippen LogP contribution is -2.22. The third kappa shape index (κ3) is 6.64. The van der Waals surface area contributed by atoms with E-state index in [9.17, 15) is 9.18 Å². The van der Waals surface area contributed by atoms with E-state index in [1.807, 2.05) is 37.3 Å². The second kappa shape index (κ2) is 11.0. The van der Waals surface area contributed by atoms with Crippen molar-refractivity contribution in [2.45, 2.75) is 33.1 Å². The maximum atomic E-state index is 12.7.